The SMILES string of the molecule is O=C(O)Cc1cc(C(F)(F)F)cnc1-c1cccc(Cl)c1Cl. The summed E-state index contributed by atoms with van der Waals surface area (Å²) in [6, 6.07) is 5.32. The zero-order chi connectivity index (χ0) is 16.5. The number of carboxylic acid groups (broad SMARTS) is 1. The molecule has 0 aliphatic carbocycles. The summed E-state index contributed by atoms with van der Waals surface area (Å²) < 4.78 is 38.2. The van der Waals surface area contributed by atoms with Gasteiger partial charge in [-0.3, -0.25) is 9.78 Å². The Morgan fingerprint density at radius 1 is 1.27 bits per heavy atom. The number of halogens is 5. The highest BCUT2D eigenvalue weighted by atomic mass is 35.5. The highest BCUT2D eigenvalue weighted by molar-refractivity contribution is 6.43. The van der Waals surface area contributed by atoms with Crippen LogP contribution < -0.4 is 0 Å². The molecule has 0 aliphatic heterocycles. The monoisotopic (exact) mass is 349 g/mol. The van der Waals surface area contributed by atoms with Crippen LogP contribution in [-0.2, 0) is 17.4 Å². The second-order valence-electron chi connectivity index (χ2n) is 4.40. The third kappa shape index (κ3) is 3.51. The number of carbonyl (C=O) groups is 1. The van der Waals surface area contributed by atoms with E-state index >= 15 is 0 Å². The van der Waals surface area contributed by atoms with Crippen molar-refractivity contribution in [3.63, 3.8) is 0 Å². The summed E-state index contributed by atoms with van der Waals surface area (Å²) in [5.41, 5.74) is -0.779. The number of hydrogen-bond acceptors (Lipinski definition) is 2. The molecule has 0 atom stereocenters. The molecular weight excluding hydrogens is 342 g/mol. The van der Waals surface area contributed by atoms with Gasteiger partial charge in [0.05, 0.1) is 27.7 Å². The number of benzene rings is 1. The van der Waals surface area contributed by atoms with Crippen molar-refractivity contribution in [3.05, 3.63) is 51.6 Å². The van der Waals surface area contributed by atoms with Crippen molar-refractivity contribution in [2.24, 2.45) is 0 Å². The first kappa shape index (κ1) is 16.6. The molecule has 0 saturated heterocycles. The van der Waals surface area contributed by atoms with Crippen molar-refractivity contribution in [2.75, 3.05) is 0 Å². The van der Waals surface area contributed by atoms with Gasteiger partial charge in [0, 0.05) is 11.8 Å². The van der Waals surface area contributed by atoms with Crippen molar-refractivity contribution < 1.29 is 23.1 Å². The van der Waals surface area contributed by atoms with Crippen LogP contribution in [0.4, 0.5) is 13.2 Å². The van der Waals surface area contributed by atoms with Gasteiger partial charge in [-0.25, -0.2) is 0 Å². The van der Waals surface area contributed by atoms with Gasteiger partial charge < -0.3 is 5.11 Å². The van der Waals surface area contributed by atoms with Gasteiger partial charge in [0.15, 0.2) is 0 Å². The quantitative estimate of drug-likeness (QED) is 0.873. The first-order valence-corrected chi connectivity index (χ1v) is 6.68. The Kier molecular flexibility index (Phi) is 4.63. The van der Waals surface area contributed by atoms with E-state index in [-0.39, 0.29) is 26.9 Å². The maximum absolute atomic E-state index is 12.7. The topological polar surface area (TPSA) is 50.2 Å². The summed E-state index contributed by atoms with van der Waals surface area (Å²) in [6.07, 6.45) is -4.59. The van der Waals surface area contributed by atoms with E-state index in [2.05, 4.69) is 4.98 Å². The molecule has 0 amide bonds. The molecule has 2 aromatic rings. The van der Waals surface area contributed by atoms with Gasteiger partial charge in [0.1, 0.15) is 0 Å². The molecule has 0 saturated carbocycles. The summed E-state index contributed by atoms with van der Waals surface area (Å²) >= 11 is 11.9. The number of alkyl halides is 3. The van der Waals surface area contributed by atoms with E-state index in [1.165, 1.54) is 12.1 Å². The largest absolute Gasteiger partial charge is 0.481 e. The fraction of sp³-hybridized carbons (Fsp3) is 0.143. The van der Waals surface area contributed by atoms with Crippen LogP contribution in [0.5, 0.6) is 0 Å². The summed E-state index contributed by atoms with van der Waals surface area (Å²) in [4.78, 5) is 14.6. The van der Waals surface area contributed by atoms with E-state index < -0.39 is 24.1 Å². The number of aromatic nitrogens is 1. The van der Waals surface area contributed by atoms with E-state index in [9.17, 15) is 18.0 Å². The van der Waals surface area contributed by atoms with Gasteiger partial charge in [-0.2, -0.15) is 13.2 Å². The van der Waals surface area contributed by atoms with Crippen LogP contribution in [-0.4, -0.2) is 16.1 Å². The maximum atomic E-state index is 12.7. The average Bonchev–Trinajstić information content (AvgIpc) is 2.40. The first-order chi connectivity index (χ1) is 10.2. The highest BCUT2D eigenvalue weighted by Crippen LogP contribution is 2.36. The molecule has 0 spiro atoms. The van der Waals surface area contributed by atoms with Crippen LogP contribution in [0.15, 0.2) is 30.5 Å². The second kappa shape index (κ2) is 6.14. The van der Waals surface area contributed by atoms with Crippen LogP contribution >= 0.6 is 23.2 Å². The van der Waals surface area contributed by atoms with Gasteiger partial charge >= 0.3 is 12.1 Å². The lowest BCUT2D eigenvalue weighted by atomic mass is 10.0. The molecule has 0 bridgehead atoms. The molecule has 0 radical (unpaired) electrons. The fourth-order valence-electron chi connectivity index (χ4n) is 1.89. The third-order valence-electron chi connectivity index (χ3n) is 2.84. The second-order valence-corrected chi connectivity index (χ2v) is 5.19. The molecule has 0 aliphatic rings. The molecule has 3 nitrogen and oxygen atoms in total. The minimum atomic E-state index is -4.61. The van der Waals surface area contributed by atoms with Crippen molar-refractivity contribution in [3.8, 4) is 11.3 Å². The van der Waals surface area contributed by atoms with E-state index in [1.807, 2.05) is 0 Å². The Labute approximate surface area is 133 Å². The van der Waals surface area contributed by atoms with Crippen LogP contribution in [0.1, 0.15) is 11.1 Å². The van der Waals surface area contributed by atoms with Crippen molar-refractivity contribution in [2.45, 2.75) is 12.6 Å². The van der Waals surface area contributed by atoms with Gasteiger partial charge in [0.25, 0.3) is 0 Å². The molecule has 1 aromatic heterocycles. The zero-order valence-electron chi connectivity index (χ0n) is 10.8. The van der Waals surface area contributed by atoms with Crippen LogP contribution in [0.3, 0.4) is 0 Å². The minimum Gasteiger partial charge on any atom is -0.481 e. The number of pyridine rings is 1. The molecule has 1 aromatic carbocycles. The van der Waals surface area contributed by atoms with Crippen molar-refractivity contribution in [1.82, 2.24) is 4.98 Å². The van der Waals surface area contributed by atoms with Gasteiger partial charge in [-0.1, -0.05) is 35.3 Å². The smallest absolute Gasteiger partial charge is 0.417 e. The van der Waals surface area contributed by atoms with Gasteiger partial charge in [0.2, 0.25) is 0 Å². The lowest BCUT2D eigenvalue weighted by molar-refractivity contribution is -0.139. The zero-order valence-corrected chi connectivity index (χ0v) is 12.3. The molecule has 0 unspecified atom stereocenters. The summed E-state index contributed by atoms with van der Waals surface area (Å²) in [5.74, 6) is -1.28. The Bertz CT molecular complexity index is 733. The molecule has 2 rings (SSSR count). The van der Waals surface area contributed by atoms with Crippen molar-refractivity contribution in [1.29, 1.82) is 0 Å². The van der Waals surface area contributed by atoms with Gasteiger partial charge in [-0.05, 0) is 17.7 Å². The Hall–Kier alpha value is -1.79. The Morgan fingerprint density at radius 3 is 2.55 bits per heavy atom. The predicted octanol–water partition coefficient (Wildman–Crippen LogP) is 4.70. The highest BCUT2D eigenvalue weighted by Gasteiger charge is 2.32. The number of rotatable bonds is 3. The molecular formula is C14H8Cl2F3NO2. The third-order valence-corrected chi connectivity index (χ3v) is 3.66. The van der Waals surface area contributed by atoms with Crippen LogP contribution in [0.2, 0.25) is 10.0 Å². The van der Waals surface area contributed by atoms with E-state index in [1.54, 1.807) is 6.07 Å². The minimum absolute atomic E-state index is 0.0582. The standard InChI is InChI=1S/C14H8Cl2F3NO2/c15-10-3-1-2-9(12(10)16)13-7(5-11(21)22)4-8(6-20-13)14(17,18)19/h1-4,6H,5H2,(H,21,22). The normalized spacial score (nSPS) is 11.5. The molecule has 8 heteroatoms. The van der Waals surface area contributed by atoms with Gasteiger partial charge in [-0.15, -0.1) is 0 Å². The lowest BCUT2D eigenvalue weighted by Crippen LogP contribution is -2.10. The number of aliphatic carboxylic acids is 1. The van der Waals surface area contributed by atoms with E-state index in [0.29, 0.717) is 6.20 Å². The maximum Gasteiger partial charge on any atom is 0.417 e. The number of nitrogens with zero attached hydrogens (tertiary/aromatic N) is 1. The number of carboxylic acids is 1. The fourth-order valence-corrected chi connectivity index (χ4v) is 2.28. The molecule has 0 fully saturated rings. The van der Waals surface area contributed by atoms with Crippen LogP contribution in [0, 0.1) is 0 Å². The molecule has 116 valence electrons. The number of hydrogen-bond donors (Lipinski definition) is 1. The Morgan fingerprint density at radius 2 is 1.95 bits per heavy atom. The van der Waals surface area contributed by atoms with E-state index in [4.69, 9.17) is 28.3 Å². The van der Waals surface area contributed by atoms with E-state index in [0.717, 1.165) is 6.07 Å². The molecule has 1 N–H and O–H groups in total. The summed E-state index contributed by atoms with van der Waals surface area (Å²) in [6.45, 7) is 0. The molecule has 22 heavy (non-hydrogen) atoms. The first-order valence-electron chi connectivity index (χ1n) is 5.92. The average molecular weight is 350 g/mol. The summed E-state index contributed by atoms with van der Waals surface area (Å²) in [7, 11) is 0. The molecule has 1 heterocycles. The lowest BCUT2D eigenvalue weighted by Gasteiger charge is -2.13. The summed E-state index contributed by atoms with van der Waals surface area (Å²) in [5, 5.41) is 9.18. The van der Waals surface area contributed by atoms with Crippen molar-refractivity contribution >= 4 is 29.2 Å². The predicted molar refractivity (Wildman–Crippen MR) is 76.0 cm³/mol. The van der Waals surface area contributed by atoms with Crippen LogP contribution in [0.25, 0.3) is 11.3 Å². The Balaban J connectivity index is 2.64.